The summed E-state index contributed by atoms with van der Waals surface area (Å²) in [5, 5.41) is 41.9. The number of halogens is 1. The fourth-order valence-electron chi connectivity index (χ4n) is 17.3. The summed E-state index contributed by atoms with van der Waals surface area (Å²) in [6.45, 7) is 7.66. The average Bonchev–Trinajstić information content (AvgIpc) is 1.76. The molecule has 800 valence electrons. The molecular weight excluding hydrogens is 2020 g/mol. The molecule has 0 radical (unpaired) electrons. The van der Waals surface area contributed by atoms with Crippen LogP contribution in [-0.2, 0) is 125 Å². The van der Waals surface area contributed by atoms with Gasteiger partial charge in [-0.3, -0.25) is 96.3 Å². The Morgan fingerprint density at radius 3 is 1.26 bits per heavy atom. The molecule has 148 heavy (non-hydrogen) atoms. The van der Waals surface area contributed by atoms with E-state index in [1.807, 2.05) is 71.4 Å². The van der Waals surface area contributed by atoms with E-state index in [-0.39, 0.29) is 156 Å². The molecule has 45 heteroatoms. The van der Waals surface area contributed by atoms with Crippen LogP contribution in [-0.4, -0.2) is 247 Å². The van der Waals surface area contributed by atoms with Crippen molar-refractivity contribution in [3.8, 4) is 5.75 Å². The summed E-state index contributed by atoms with van der Waals surface area (Å²) in [4.78, 5) is 264. The lowest BCUT2D eigenvalue weighted by Gasteiger charge is -2.30. The van der Waals surface area contributed by atoms with E-state index < -0.39 is 216 Å². The van der Waals surface area contributed by atoms with E-state index in [9.17, 15) is 91.4 Å². The van der Waals surface area contributed by atoms with Crippen molar-refractivity contribution in [3.05, 3.63) is 181 Å². The van der Waals surface area contributed by atoms with Crippen LogP contribution >= 0.6 is 69.6 Å². The summed E-state index contributed by atoms with van der Waals surface area (Å²) in [5.74, 6) is -15.1. The molecule has 14 atom stereocenters. The van der Waals surface area contributed by atoms with Gasteiger partial charge in [-0.15, -0.1) is 34.4 Å². The summed E-state index contributed by atoms with van der Waals surface area (Å²) >= 11 is 12.8. The van der Waals surface area contributed by atoms with Gasteiger partial charge in [-0.25, -0.2) is 0 Å². The summed E-state index contributed by atoms with van der Waals surface area (Å²) in [5.41, 5.74) is 36.4. The van der Waals surface area contributed by atoms with Gasteiger partial charge in [0.1, 0.15) is 65.7 Å². The molecule has 0 aliphatic carbocycles. The number of phenolic OH excluding ortho intramolecular Hbond substituents is 1. The number of nitrogens with one attached hydrogen (secondary N) is 10. The van der Waals surface area contributed by atoms with Crippen LogP contribution in [0.3, 0.4) is 0 Å². The first-order valence-corrected chi connectivity index (χ1v) is 55.1. The number of aliphatic imine (C=N–C) groups is 2. The van der Waals surface area contributed by atoms with E-state index in [0.717, 1.165) is 26.4 Å². The SMILES string of the molecule is CC(C)[C@@H]1NC(=O)[C@H](Cc2cccs2)NC(=O)[C@H](Cc2ccc(Cl)cc2)CC(=O)CCCSC[C@@H](C(=O)N2CSC[C@H]2C(=O)N[C@H](CCCN=C(N)N)C(=O)NCc2ccccc2)CC(=O)[C@H](CC(N)=O)NC1=O.CC(C)[C@@H]1NC(=O)[C@H](Cc2cccs2)NC(=O)[C@H](Cc2ccc(O)cc2)CC(=O)CCCSC[C@@H](C(=O)N2CCC[C@H]2C(=O)N[C@H](CCCN=C(N)N)C(=O)NCc2ccccc2)CC(=O)[C@H](CC(N)=O)NC1=O. The van der Waals surface area contributed by atoms with Crippen molar-refractivity contribution in [1.29, 1.82) is 0 Å². The Bertz CT molecular complexity index is 5220. The predicted molar refractivity (Wildman–Crippen MR) is 570 cm³/mol. The highest BCUT2D eigenvalue weighted by atomic mass is 35.5. The van der Waals surface area contributed by atoms with E-state index in [2.05, 4.69) is 63.2 Å². The number of aromatic hydroxyl groups is 1. The van der Waals surface area contributed by atoms with Crippen LogP contribution in [0.5, 0.6) is 5.75 Å². The van der Waals surface area contributed by atoms with Crippen molar-refractivity contribution < 1.29 is 91.4 Å². The number of thiophene rings is 2. The number of Topliss-reactive ketones (excluding diaryl/α,β-unsaturated/α-hetero) is 4. The second kappa shape index (κ2) is 61.2. The number of likely N-dealkylation sites (tertiary alicyclic amines) is 1. The maximum absolute atomic E-state index is 14.7. The van der Waals surface area contributed by atoms with Crippen LogP contribution < -0.4 is 87.6 Å². The first-order valence-electron chi connectivity index (χ1n) is 49.5. The maximum atomic E-state index is 14.7. The fourth-order valence-corrected chi connectivity index (χ4v) is 22.2. The predicted octanol–water partition coefficient (Wildman–Crippen LogP) is 4.35. The number of nitrogens with zero attached hydrogens (tertiary/aromatic N) is 4. The van der Waals surface area contributed by atoms with Crippen LogP contribution in [0, 0.1) is 35.5 Å². The molecule has 4 aromatic carbocycles. The van der Waals surface area contributed by atoms with E-state index in [0.29, 0.717) is 54.2 Å². The number of carbonyl (C=O) groups excluding carboxylic acids is 18. The zero-order valence-electron chi connectivity index (χ0n) is 83.5. The number of guanidine groups is 2. The van der Waals surface area contributed by atoms with Gasteiger partial charge in [0.25, 0.3) is 0 Å². The number of ketones is 4. The minimum atomic E-state index is -1.50. The van der Waals surface area contributed by atoms with Crippen LogP contribution in [0.25, 0.3) is 0 Å². The quantitative estimate of drug-likeness (QED) is 0.0152. The van der Waals surface area contributed by atoms with Crippen LogP contribution in [0.2, 0.25) is 5.02 Å². The van der Waals surface area contributed by atoms with Crippen molar-refractivity contribution >= 4 is 187 Å². The molecule has 10 rings (SSSR count). The van der Waals surface area contributed by atoms with Gasteiger partial charge in [0, 0.05) is 128 Å². The van der Waals surface area contributed by atoms with Gasteiger partial charge < -0.3 is 102 Å². The number of amides is 14. The average molecular weight is 2160 g/mol. The van der Waals surface area contributed by atoms with Gasteiger partial charge in [0.05, 0.1) is 42.6 Å². The van der Waals surface area contributed by atoms with Gasteiger partial charge >= 0.3 is 0 Å². The third-order valence-electron chi connectivity index (χ3n) is 25.3. The normalized spacial score (nSPS) is 22.2. The zero-order chi connectivity index (χ0) is 107. The second-order valence-corrected chi connectivity index (χ2v) is 43.5. The lowest BCUT2D eigenvalue weighted by atomic mass is 9.91. The molecule has 4 aliphatic rings. The van der Waals surface area contributed by atoms with E-state index in [4.69, 9.17) is 46.0 Å². The van der Waals surface area contributed by atoms with Crippen molar-refractivity contribution in [2.45, 2.75) is 230 Å². The lowest BCUT2D eigenvalue weighted by molar-refractivity contribution is -0.143. The first kappa shape index (κ1) is 119. The van der Waals surface area contributed by atoms with Crippen molar-refractivity contribution in [2.75, 3.05) is 54.3 Å². The smallest absolute Gasteiger partial charge is 0.244 e. The largest absolute Gasteiger partial charge is 0.508 e. The van der Waals surface area contributed by atoms with Gasteiger partial charge in [-0.2, -0.15) is 23.5 Å². The summed E-state index contributed by atoms with van der Waals surface area (Å²) in [6.07, 6.45) is 0.573. The Morgan fingerprint density at radius 2 is 0.858 bits per heavy atom. The van der Waals surface area contributed by atoms with Crippen molar-refractivity contribution in [3.63, 3.8) is 0 Å². The monoisotopic (exact) mass is 2150 g/mol. The lowest BCUT2D eigenvalue weighted by Crippen LogP contribution is -2.58. The van der Waals surface area contributed by atoms with Gasteiger partial charge in [-0.1, -0.05) is 136 Å². The molecule has 39 nitrogen and oxygen atoms in total. The molecule has 6 aromatic rings. The molecule has 4 saturated heterocycles. The minimum Gasteiger partial charge on any atom is -0.508 e. The Kier molecular flexibility index (Phi) is 49.1. The Hall–Kier alpha value is -12.8. The number of carbonyl (C=O) groups is 18. The number of thioether (sulfide) groups is 3. The topological polar surface area (TPSA) is 635 Å². The number of nitrogens with two attached hydrogens (primary N) is 6. The molecule has 23 N–H and O–H groups in total. The summed E-state index contributed by atoms with van der Waals surface area (Å²) < 4.78 is 0. The highest BCUT2D eigenvalue weighted by molar-refractivity contribution is 7.99. The zero-order valence-corrected chi connectivity index (χ0v) is 88.3. The van der Waals surface area contributed by atoms with Crippen molar-refractivity contribution in [1.82, 2.24) is 63.0 Å². The molecule has 0 unspecified atom stereocenters. The number of primary amides is 2. The highest BCUT2D eigenvalue weighted by Crippen LogP contribution is 2.32. The second-order valence-electron chi connectivity index (χ2n) is 37.7. The third kappa shape index (κ3) is 40.0. The fraction of sp³-hybridized carbons (Fsp3) is 0.495. The summed E-state index contributed by atoms with van der Waals surface area (Å²) in [7, 11) is 0. The van der Waals surface area contributed by atoms with E-state index in [1.54, 1.807) is 88.4 Å². The Morgan fingerprint density at radius 1 is 0.446 bits per heavy atom. The molecular formula is C103H137ClN20O19S5. The minimum absolute atomic E-state index is 0.0252. The number of phenols is 1. The molecule has 6 heterocycles. The standard InChI is InChI=1S/C52H70N10O10S2.C51H67ClN10O9S3/c1-31(2)45-50(71)59-40(28-44(53)66)43(65)26-35(51(72)62-21-7-15-42(62)49(70)58-39(14-6-20-56-52(54)55)47(68)57-29-33-10-4-3-5-11-33)30-73-22-8-12-37(64)25-34(24-32-16-18-36(63)19-17-32)46(67)60-41(48(69)61-45)27-38-13-9-23-74-38;1-30(2)44-49(70)59-39(25-43(53)65)42(64)23-34(50(71)62-29-73-28-41(62)48(69)58-38(13-6-18-56-51(54)55)46(67)57-26-32-9-4-3-5-10-32)27-72-19-7-11-36(63)22-33(21-31-14-16-35(52)17-15-31)45(66)60-40(47(68)61-44)24-37-12-8-20-74-37/h3-5,9-11,13,16-19,23,31,34-35,39-42,45,63H,6-8,12,14-15,20-22,24-30H2,1-2H3,(H2,53,66)(H,57,68)(H,58,70)(H,59,71)(H,60,67)(H,61,69)(H4,54,55,56);3-5,8-10,12,14-17,20,30,33-34,38-41,44H,6-7,11,13,18-19,21-29H2,1-2H3,(H2,53,65)(H,57,67)(H,58,69)(H,59,70)(H,60,66)(H,61,68)(H4,54,55,56)/t34-,35+,39-,40+,41+,42+,45+;33-,34+,38-,39+,40+,41+,44+/m11/s1. The van der Waals surface area contributed by atoms with Crippen molar-refractivity contribution in [2.24, 2.45) is 79.9 Å². The number of hydrogen-bond donors (Lipinski definition) is 17. The van der Waals surface area contributed by atoms with Gasteiger partial charge in [0.15, 0.2) is 23.5 Å². The number of rotatable bonds is 34. The molecule has 14 amide bonds. The van der Waals surface area contributed by atoms with Gasteiger partial charge in [-0.05, 0) is 157 Å². The highest BCUT2D eigenvalue weighted by Gasteiger charge is 2.45. The molecule has 0 saturated carbocycles. The van der Waals surface area contributed by atoms with Crippen LogP contribution in [0.4, 0.5) is 0 Å². The number of hydrogen-bond acceptors (Lipinski definition) is 26. The van der Waals surface area contributed by atoms with Crippen LogP contribution in [0.15, 0.2) is 154 Å². The summed E-state index contributed by atoms with van der Waals surface area (Å²) in [6, 6.07) is 26.8. The molecule has 4 aliphatic heterocycles. The van der Waals surface area contributed by atoms with E-state index >= 15 is 0 Å². The molecule has 0 spiro atoms. The van der Waals surface area contributed by atoms with Gasteiger partial charge in [0.2, 0.25) is 82.7 Å². The Balaban J connectivity index is 0.000000329. The van der Waals surface area contributed by atoms with Crippen LogP contribution in [0.1, 0.15) is 162 Å². The third-order valence-corrected chi connectivity index (χ3v) is 30.7. The number of benzene rings is 4. The molecule has 4 fully saturated rings. The maximum Gasteiger partial charge on any atom is 0.244 e. The molecule has 0 bridgehead atoms. The first-order chi connectivity index (χ1) is 70.7. The Labute approximate surface area is 886 Å². The van der Waals surface area contributed by atoms with E-state index in [1.165, 1.54) is 79.9 Å². The molecule has 2 aromatic heterocycles.